The highest BCUT2D eigenvalue weighted by atomic mass is 35.5. The quantitative estimate of drug-likeness (QED) is 0.680. The number of primary amides is 1. The fourth-order valence-corrected chi connectivity index (χ4v) is 2.31. The summed E-state index contributed by atoms with van der Waals surface area (Å²) in [4.78, 5) is 19.8. The summed E-state index contributed by atoms with van der Waals surface area (Å²) in [5.41, 5.74) is 7.76. The second-order valence-electron chi connectivity index (χ2n) is 4.04. The Kier molecular flexibility index (Phi) is 2.24. The van der Waals surface area contributed by atoms with Crippen molar-refractivity contribution >= 4 is 34.1 Å². The number of hydrogen-bond donors (Lipinski definition) is 1. The molecule has 3 heterocycles. The minimum Gasteiger partial charge on any atom is -0.365 e. The van der Waals surface area contributed by atoms with E-state index in [2.05, 4.69) is 9.97 Å². The lowest BCUT2D eigenvalue weighted by atomic mass is 10.2. The Morgan fingerprint density at radius 1 is 1.50 bits per heavy atom. The van der Waals surface area contributed by atoms with Gasteiger partial charge in [-0.15, -0.1) is 0 Å². The Labute approximate surface area is 107 Å². The van der Waals surface area contributed by atoms with E-state index in [-0.39, 0.29) is 0 Å². The van der Waals surface area contributed by atoms with Gasteiger partial charge in [-0.05, 0) is 19.1 Å². The summed E-state index contributed by atoms with van der Waals surface area (Å²) in [6.07, 6.45) is 3.39. The Morgan fingerprint density at radius 3 is 3.00 bits per heavy atom. The number of carbonyl (C=O) groups excluding carboxylic acids is 1. The van der Waals surface area contributed by atoms with Gasteiger partial charge in [0.15, 0.2) is 5.15 Å². The molecule has 3 aromatic rings. The maximum atomic E-state index is 11.5. The van der Waals surface area contributed by atoms with Gasteiger partial charge in [-0.25, -0.2) is 9.97 Å². The van der Waals surface area contributed by atoms with Gasteiger partial charge in [0.2, 0.25) is 0 Å². The number of hydrogen-bond acceptors (Lipinski definition) is 3. The zero-order valence-corrected chi connectivity index (χ0v) is 10.3. The minimum absolute atomic E-state index is 0.367. The standard InChI is InChI=1S/C12H9ClN4O/c1-6-5-17-9-7(2-3-15-10(9)13)4-8(11(14)18)12(17)16-6/h2-5H,1H3,(H2,14,18). The first-order chi connectivity index (χ1) is 8.58. The van der Waals surface area contributed by atoms with E-state index in [1.54, 1.807) is 28.9 Å². The van der Waals surface area contributed by atoms with Gasteiger partial charge in [0.1, 0.15) is 5.65 Å². The lowest BCUT2D eigenvalue weighted by Crippen LogP contribution is -2.13. The molecule has 1 amide bonds. The molecule has 0 radical (unpaired) electrons. The van der Waals surface area contributed by atoms with Crippen LogP contribution in [-0.2, 0) is 0 Å². The fraction of sp³-hybridized carbons (Fsp3) is 0.0833. The van der Waals surface area contributed by atoms with E-state index in [1.807, 2.05) is 6.92 Å². The van der Waals surface area contributed by atoms with Crippen LogP contribution in [0, 0.1) is 6.92 Å². The normalized spacial score (nSPS) is 11.2. The summed E-state index contributed by atoms with van der Waals surface area (Å²) in [7, 11) is 0. The van der Waals surface area contributed by atoms with E-state index in [1.165, 1.54) is 0 Å². The van der Waals surface area contributed by atoms with Gasteiger partial charge in [0.05, 0.1) is 16.8 Å². The molecular weight excluding hydrogens is 252 g/mol. The fourth-order valence-electron chi connectivity index (χ4n) is 2.06. The van der Waals surface area contributed by atoms with Crippen LogP contribution in [0.3, 0.4) is 0 Å². The first-order valence-electron chi connectivity index (χ1n) is 5.30. The number of aryl methyl sites for hydroxylation is 1. The third-order valence-electron chi connectivity index (χ3n) is 2.78. The Hall–Kier alpha value is -2.14. The molecule has 0 unspecified atom stereocenters. The van der Waals surface area contributed by atoms with Crippen LogP contribution in [0.4, 0.5) is 0 Å². The van der Waals surface area contributed by atoms with Crippen LogP contribution in [0.1, 0.15) is 16.1 Å². The van der Waals surface area contributed by atoms with Crippen molar-refractivity contribution < 1.29 is 4.79 Å². The molecule has 0 aliphatic rings. The molecule has 0 fully saturated rings. The average molecular weight is 261 g/mol. The third kappa shape index (κ3) is 1.44. The molecule has 0 saturated heterocycles. The zero-order valence-electron chi connectivity index (χ0n) is 9.51. The monoisotopic (exact) mass is 260 g/mol. The van der Waals surface area contributed by atoms with Crippen LogP contribution in [-0.4, -0.2) is 20.3 Å². The van der Waals surface area contributed by atoms with Gasteiger partial charge in [0, 0.05) is 17.8 Å². The van der Waals surface area contributed by atoms with Crippen LogP contribution < -0.4 is 5.73 Å². The highest BCUT2D eigenvalue weighted by molar-refractivity contribution is 6.34. The van der Waals surface area contributed by atoms with Crippen molar-refractivity contribution in [2.24, 2.45) is 5.73 Å². The van der Waals surface area contributed by atoms with Gasteiger partial charge in [-0.1, -0.05) is 11.6 Å². The molecule has 0 spiro atoms. The van der Waals surface area contributed by atoms with Crippen molar-refractivity contribution in [2.75, 3.05) is 0 Å². The van der Waals surface area contributed by atoms with Crippen LogP contribution in [0.15, 0.2) is 24.5 Å². The summed E-state index contributed by atoms with van der Waals surface area (Å²) in [6, 6.07) is 3.47. The number of imidazole rings is 1. The van der Waals surface area contributed by atoms with E-state index >= 15 is 0 Å². The second kappa shape index (κ2) is 3.68. The van der Waals surface area contributed by atoms with Crippen molar-refractivity contribution in [3.63, 3.8) is 0 Å². The van der Waals surface area contributed by atoms with Crippen LogP contribution in [0.25, 0.3) is 16.6 Å². The summed E-state index contributed by atoms with van der Waals surface area (Å²) >= 11 is 6.10. The largest absolute Gasteiger partial charge is 0.365 e. The number of pyridine rings is 2. The lowest BCUT2D eigenvalue weighted by Gasteiger charge is -2.06. The molecular formula is C12H9ClN4O. The molecule has 18 heavy (non-hydrogen) atoms. The molecule has 0 atom stereocenters. The highest BCUT2D eigenvalue weighted by Gasteiger charge is 2.14. The van der Waals surface area contributed by atoms with Crippen LogP contribution in [0.2, 0.25) is 5.15 Å². The van der Waals surface area contributed by atoms with Crippen molar-refractivity contribution in [3.8, 4) is 0 Å². The number of amides is 1. The van der Waals surface area contributed by atoms with Gasteiger partial charge in [0.25, 0.3) is 5.91 Å². The lowest BCUT2D eigenvalue weighted by molar-refractivity contribution is 0.100. The molecule has 0 aliphatic heterocycles. The number of rotatable bonds is 1. The Bertz CT molecular complexity index is 793. The second-order valence-corrected chi connectivity index (χ2v) is 4.40. The van der Waals surface area contributed by atoms with Gasteiger partial charge < -0.3 is 5.73 Å². The predicted molar refractivity (Wildman–Crippen MR) is 68.8 cm³/mol. The smallest absolute Gasteiger partial charge is 0.252 e. The van der Waals surface area contributed by atoms with Gasteiger partial charge >= 0.3 is 0 Å². The molecule has 0 aromatic carbocycles. The molecule has 0 aliphatic carbocycles. The predicted octanol–water partition coefficient (Wildman–Crippen LogP) is 1.94. The van der Waals surface area contributed by atoms with Crippen molar-refractivity contribution in [1.29, 1.82) is 0 Å². The first kappa shape index (κ1) is 11.0. The van der Waals surface area contributed by atoms with Crippen molar-refractivity contribution in [2.45, 2.75) is 6.92 Å². The van der Waals surface area contributed by atoms with Gasteiger partial charge in [-0.3, -0.25) is 9.20 Å². The average Bonchev–Trinajstić information content (AvgIpc) is 2.68. The number of halogens is 1. The number of carbonyl (C=O) groups is 1. The van der Waals surface area contributed by atoms with E-state index in [0.29, 0.717) is 16.4 Å². The molecule has 2 N–H and O–H groups in total. The number of fused-ring (bicyclic) bond motifs is 3. The topological polar surface area (TPSA) is 73.3 Å². The molecule has 0 bridgehead atoms. The van der Waals surface area contributed by atoms with Crippen LogP contribution >= 0.6 is 11.6 Å². The first-order valence-corrected chi connectivity index (χ1v) is 5.68. The Morgan fingerprint density at radius 2 is 2.28 bits per heavy atom. The molecule has 6 heteroatoms. The number of nitrogens with two attached hydrogens (primary N) is 1. The van der Waals surface area contributed by atoms with E-state index in [4.69, 9.17) is 17.3 Å². The van der Waals surface area contributed by atoms with Gasteiger partial charge in [-0.2, -0.15) is 0 Å². The zero-order chi connectivity index (χ0) is 12.9. The molecule has 90 valence electrons. The van der Waals surface area contributed by atoms with Crippen LogP contribution in [0.5, 0.6) is 0 Å². The molecule has 5 nitrogen and oxygen atoms in total. The van der Waals surface area contributed by atoms with E-state index in [9.17, 15) is 4.79 Å². The molecule has 3 rings (SSSR count). The van der Waals surface area contributed by atoms with Crippen molar-refractivity contribution in [1.82, 2.24) is 14.4 Å². The SMILES string of the molecule is Cc1cn2c(n1)c(C(N)=O)cc1ccnc(Cl)c12. The summed E-state index contributed by atoms with van der Waals surface area (Å²) in [5.74, 6) is -0.513. The third-order valence-corrected chi connectivity index (χ3v) is 3.06. The minimum atomic E-state index is -0.513. The summed E-state index contributed by atoms with van der Waals surface area (Å²) in [6.45, 7) is 1.84. The van der Waals surface area contributed by atoms with E-state index in [0.717, 1.165) is 16.6 Å². The Balaban J connectivity index is 2.61. The highest BCUT2D eigenvalue weighted by Crippen LogP contribution is 2.25. The van der Waals surface area contributed by atoms with E-state index < -0.39 is 5.91 Å². The number of aromatic nitrogens is 3. The summed E-state index contributed by atoms with van der Waals surface area (Å²) in [5, 5.41) is 1.17. The molecule has 0 saturated carbocycles. The maximum absolute atomic E-state index is 11.5. The van der Waals surface area contributed by atoms with Crippen molar-refractivity contribution in [3.05, 3.63) is 40.9 Å². The summed E-state index contributed by atoms with van der Waals surface area (Å²) < 4.78 is 1.75. The molecule has 3 aromatic heterocycles. The number of nitrogens with zero attached hydrogens (tertiary/aromatic N) is 3. The maximum Gasteiger partial charge on any atom is 0.252 e.